The minimum Gasteiger partial charge on any atom is -0.870 e. The van der Waals surface area contributed by atoms with E-state index < -0.39 is 0 Å². The maximum absolute atomic E-state index is 0. The summed E-state index contributed by atoms with van der Waals surface area (Å²) < 4.78 is 0. The van der Waals surface area contributed by atoms with E-state index in [4.69, 9.17) is 0 Å². The van der Waals surface area contributed by atoms with Crippen molar-refractivity contribution in [2.75, 3.05) is 0 Å². The third-order valence-electron chi connectivity index (χ3n) is 0. The van der Waals surface area contributed by atoms with E-state index in [1.165, 1.54) is 0 Å². The standard InChI is InChI=1S/Al.Na.5H2O/h;;5*1H2/q+3;+1;;;;;/p-4. The van der Waals surface area contributed by atoms with Gasteiger partial charge in [-0.1, -0.05) is 0 Å². The van der Waals surface area contributed by atoms with E-state index in [-0.39, 0.29) is 74.3 Å². The van der Waals surface area contributed by atoms with Crippen LogP contribution in [0.2, 0.25) is 0 Å². The van der Waals surface area contributed by atoms with Crippen molar-refractivity contribution in [2.45, 2.75) is 0 Å². The summed E-state index contributed by atoms with van der Waals surface area (Å²) in [5.74, 6) is 0. The molecule has 0 fully saturated rings. The minimum absolute atomic E-state index is 0. The predicted octanol–water partition coefficient (Wildman–Crippen LogP) is -4.91. The SMILES string of the molecule is O.[Al+3].[Na+].[OH-].[OH-].[OH-].[OH-]. The van der Waals surface area contributed by atoms with Crippen LogP contribution in [0.4, 0.5) is 0 Å². The molecule has 0 aromatic rings. The van der Waals surface area contributed by atoms with Gasteiger partial charge in [0.25, 0.3) is 0 Å². The fraction of sp³-hybridized carbons (Fsp3) is 0. The first-order valence-corrected chi connectivity index (χ1v) is 0. The molecule has 0 saturated heterocycles. The van der Waals surface area contributed by atoms with Gasteiger partial charge in [0.2, 0.25) is 0 Å². The average molecular weight is 136 g/mol. The molecule has 0 aliphatic carbocycles. The predicted molar refractivity (Wildman–Crippen MR) is 17.1 cm³/mol. The van der Waals surface area contributed by atoms with Gasteiger partial charge in [0, 0.05) is 0 Å². The zero-order valence-corrected chi connectivity index (χ0v) is 7.02. The third kappa shape index (κ3) is 117. The molecule has 0 aliphatic heterocycles. The van der Waals surface area contributed by atoms with E-state index in [9.17, 15) is 0 Å². The summed E-state index contributed by atoms with van der Waals surface area (Å²) >= 11 is 0. The van der Waals surface area contributed by atoms with Crippen LogP contribution in [0, 0.1) is 0 Å². The summed E-state index contributed by atoms with van der Waals surface area (Å²) in [5.41, 5.74) is 0. The summed E-state index contributed by atoms with van der Waals surface area (Å²) in [5, 5.41) is 0. The van der Waals surface area contributed by atoms with E-state index in [0.29, 0.717) is 0 Å². The second-order valence-corrected chi connectivity index (χ2v) is 0. The third-order valence-corrected chi connectivity index (χ3v) is 0. The van der Waals surface area contributed by atoms with Gasteiger partial charge >= 0.3 is 46.9 Å². The molecule has 0 rings (SSSR count). The van der Waals surface area contributed by atoms with Crippen LogP contribution in [0.1, 0.15) is 0 Å². The van der Waals surface area contributed by atoms with Crippen molar-refractivity contribution >= 4 is 17.4 Å². The summed E-state index contributed by atoms with van der Waals surface area (Å²) in [4.78, 5) is 0. The van der Waals surface area contributed by atoms with Crippen LogP contribution in [-0.2, 0) is 0 Å². The van der Waals surface area contributed by atoms with Crippen LogP contribution in [0.3, 0.4) is 0 Å². The molecule has 0 spiro atoms. The molecule has 0 unspecified atom stereocenters. The second kappa shape index (κ2) is 166. The summed E-state index contributed by atoms with van der Waals surface area (Å²) in [6, 6.07) is 0. The first-order valence-electron chi connectivity index (χ1n) is 0. The van der Waals surface area contributed by atoms with Crippen molar-refractivity contribution in [3.63, 3.8) is 0 Å². The Morgan fingerprint density at radius 1 is 0.571 bits per heavy atom. The molecule has 0 amide bonds. The molecule has 40 valence electrons. The molecular formula is H6AlNaO5. The minimum atomic E-state index is 0. The van der Waals surface area contributed by atoms with E-state index in [2.05, 4.69) is 0 Å². The summed E-state index contributed by atoms with van der Waals surface area (Å²) in [6.07, 6.45) is 0. The van der Waals surface area contributed by atoms with Crippen molar-refractivity contribution in [1.29, 1.82) is 0 Å². The van der Waals surface area contributed by atoms with Gasteiger partial charge in [0.1, 0.15) is 0 Å². The molecule has 6 N–H and O–H groups in total. The molecule has 0 aromatic carbocycles. The van der Waals surface area contributed by atoms with Gasteiger partial charge in [-0.25, -0.2) is 0 Å². The Balaban J connectivity index is 0. The molecule has 7 heteroatoms. The van der Waals surface area contributed by atoms with Crippen molar-refractivity contribution in [1.82, 2.24) is 0 Å². The molecule has 0 atom stereocenters. The molecular weight excluding hydrogens is 130 g/mol. The Bertz CT molecular complexity index is 8.04. The molecule has 0 aliphatic rings. The van der Waals surface area contributed by atoms with Gasteiger partial charge in [-0.2, -0.15) is 0 Å². The largest absolute Gasteiger partial charge is 3.00 e. The van der Waals surface area contributed by atoms with Gasteiger partial charge in [-0.15, -0.1) is 0 Å². The Hall–Kier alpha value is 1.33. The fourth-order valence-corrected chi connectivity index (χ4v) is 0. The zero-order chi connectivity index (χ0) is 0. The smallest absolute Gasteiger partial charge is 0.870 e. The number of hydrogen-bond donors (Lipinski definition) is 0. The van der Waals surface area contributed by atoms with E-state index >= 15 is 0 Å². The van der Waals surface area contributed by atoms with Crippen molar-refractivity contribution in [3.8, 4) is 0 Å². The molecule has 0 saturated carbocycles. The van der Waals surface area contributed by atoms with Crippen LogP contribution in [0.25, 0.3) is 0 Å². The van der Waals surface area contributed by atoms with Gasteiger partial charge < -0.3 is 27.4 Å². The Morgan fingerprint density at radius 2 is 0.571 bits per heavy atom. The zero-order valence-electron chi connectivity index (χ0n) is 3.87. The van der Waals surface area contributed by atoms with Crippen LogP contribution in [0.15, 0.2) is 0 Å². The normalized spacial score (nSPS) is 0. The molecule has 0 bridgehead atoms. The first-order chi connectivity index (χ1) is 0. The van der Waals surface area contributed by atoms with Crippen LogP contribution in [0.5, 0.6) is 0 Å². The quantitative estimate of drug-likeness (QED) is 0.306. The monoisotopic (exact) mass is 136 g/mol. The molecule has 0 heterocycles. The second-order valence-electron chi connectivity index (χ2n) is 0. The summed E-state index contributed by atoms with van der Waals surface area (Å²) in [7, 11) is 0. The van der Waals surface area contributed by atoms with E-state index in [0.717, 1.165) is 0 Å². The summed E-state index contributed by atoms with van der Waals surface area (Å²) in [6.45, 7) is 0. The number of rotatable bonds is 0. The Labute approximate surface area is 74.1 Å². The topological polar surface area (TPSA) is 152 Å². The van der Waals surface area contributed by atoms with Gasteiger partial charge in [0.05, 0.1) is 0 Å². The van der Waals surface area contributed by atoms with Gasteiger partial charge in [-0.05, 0) is 0 Å². The van der Waals surface area contributed by atoms with Crippen LogP contribution >= 0.6 is 0 Å². The van der Waals surface area contributed by atoms with Crippen LogP contribution in [-0.4, -0.2) is 44.7 Å². The molecule has 0 aromatic heterocycles. The van der Waals surface area contributed by atoms with Crippen molar-refractivity contribution in [3.05, 3.63) is 0 Å². The van der Waals surface area contributed by atoms with E-state index in [1.807, 2.05) is 0 Å². The van der Waals surface area contributed by atoms with E-state index in [1.54, 1.807) is 0 Å². The van der Waals surface area contributed by atoms with Crippen molar-refractivity contribution < 1.29 is 56.9 Å². The Kier molecular flexibility index (Phi) is 5970. The first kappa shape index (κ1) is 252. The number of hydrogen-bond acceptors (Lipinski definition) is 4. The van der Waals surface area contributed by atoms with Gasteiger partial charge in [-0.3, -0.25) is 0 Å². The Morgan fingerprint density at radius 3 is 0.571 bits per heavy atom. The maximum atomic E-state index is 0. The average Bonchev–Trinajstić information content (AvgIpc) is 0. The maximum Gasteiger partial charge on any atom is 3.00 e. The van der Waals surface area contributed by atoms with Gasteiger partial charge in [0.15, 0.2) is 0 Å². The van der Waals surface area contributed by atoms with Crippen molar-refractivity contribution in [2.24, 2.45) is 0 Å². The molecule has 0 radical (unpaired) electrons. The fourth-order valence-electron chi connectivity index (χ4n) is 0. The molecule has 5 nitrogen and oxygen atoms in total. The van der Waals surface area contributed by atoms with Crippen LogP contribution < -0.4 is 29.6 Å². The molecule has 7 heavy (non-hydrogen) atoms.